The molecule has 0 saturated heterocycles. The fourth-order valence-electron chi connectivity index (χ4n) is 1.09. The summed E-state index contributed by atoms with van der Waals surface area (Å²) in [5.41, 5.74) is 0. The Hall–Kier alpha value is -1.54. The molecule has 0 amide bonds. The molecule has 0 atom stereocenters. The van der Waals surface area contributed by atoms with E-state index in [2.05, 4.69) is 0 Å². The van der Waals surface area contributed by atoms with Crippen LogP contribution in [0.15, 0.2) is 64.6 Å². The van der Waals surface area contributed by atoms with Crippen molar-refractivity contribution in [3.8, 4) is 10.6 Å². The van der Waals surface area contributed by atoms with E-state index >= 15 is 0 Å². The quantitative estimate of drug-likeness (QED) is 0.677. The van der Waals surface area contributed by atoms with Crippen LogP contribution in [0.4, 0.5) is 0 Å². The first-order valence-electron chi connectivity index (χ1n) is 4.37. The zero-order valence-corrected chi connectivity index (χ0v) is 8.41. The van der Waals surface area contributed by atoms with Gasteiger partial charge in [0.2, 0.25) is 0 Å². The highest BCUT2D eigenvalue weighted by Gasteiger charge is 1.96. The number of hydrogen-bond donors (Lipinski definition) is 0. The van der Waals surface area contributed by atoms with Crippen LogP contribution in [-0.2, 0) is 0 Å². The van der Waals surface area contributed by atoms with Crippen LogP contribution >= 0.6 is 11.3 Å². The molecule has 70 valence electrons. The lowest BCUT2D eigenvalue weighted by molar-refractivity contribution is 0.584. The third-order valence-electron chi connectivity index (χ3n) is 1.73. The topological polar surface area (TPSA) is 13.1 Å². The molecule has 0 bridgehead atoms. The van der Waals surface area contributed by atoms with Crippen molar-refractivity contribution in [3.63, 3.8) is 0 Å². The summed E-state index contributed by atoms with van der Waals surface area (Å²) in [5.74, 6) is 0.909. The first kappa shape index (κ1) is 9.03. The van der Waals surface area contributed by atoms with Gasteiger partial charge in [-0.25, -0.2) is 0 Å². The van der Waals surface area contributed by atoms with Gasteiger partial charge in [0.1, 0.15) is 5.76 Å². The minimum Gasteiger partial charge on any atom is -0.464 e. The summed E-state index contributed by atoms with van der Waals surface area (Å²) in [6.45, 7) is 0. The third-order valence-corrected chi connectivity index (χ3v) is 2.61. The van der Waals surface area contributed by atoms with Crippen LogP contribution in [0.2, 0.25) is 0 Å². The standard InChI is InChI=1S/C12H10OS/c1-2-4-8-12(14-10-5-3-1)11-7-6-9-13-11/h1-10H. The van der Waals surface area contributed by atoms with Gasteiger partial charge in [0.15, 0.2) is 0 Å². The van der Waals surface area contributed by atoms with E-state index in [0.29, 0.717) is 0 Å². The smallest absolute Gasteiger partial charge is 0.143 e. The molecular formula is C12H10OS. The van der Waals surface area contributed by atoms with E-state index in [1.807, 2.05) is 53.9 Å². The fourth-order valence-corrected chi connectivity index (χ4v) is 1.80. The summed E-state index contributed by atoms with van der Waals surface area (Å²) >= 11 is 1.65. The summed E-state index contributed by atoms with van der Waals surface area (Å²) in [4.78, 5) is 1.12. The molecule has 0 N–H and O–H groups in total. The van der Waals surface area contributed by atoms with Crippen LogP contribution < -0.4 is 0 Å². The van der Waals surface area contributed by atoms with Crippen LogP contribution in [0.3, 0.4) is 0 Å². The van der Waals surface area contributed by atoms with Gasteiger partial charge >= 0.3 is 0 Å². The molecule has 0 aliphatic rings. The van der Waals surface area contributed by atoms with E-state index in [1.165, 1.54) is 0 Å². The van der Waals surface area contributed by atoms with Crippen LogP contribution in [0, 0.1) is 0 Å². The zero-order chi connectivity index (χ0) is 9.64. The molecule has 2 heterocycles. The predicted molar refractivity (Wildman–Crippen MR) is 59.6 cm³/mol. The van der Waals surface area contributed by atoms with Crippen LogP contribution in [0.1, 0.15) is 0 Å². The second-order valence-electron chi connectivity index (χ2n) is 2.72. The normalized spacial score (nSPS) is 9.43. The summed E-state index contributed by atoms with van der Waals surface area (Å²) in [6, 6.07) is 15.9. The van der Waals surface area contributed by atoms with Crippen LogP contribution in [-0.4, -0.2) is 0 Å². The average Bonchev–Trinajstić information content (AvgIpc) is 2.75. The lowest BCUT2D eigenvalue weighted by Gasteiger charge is -1.89. The second kappa shape index (κ2) is 4.63. The Bertz CT molecular complexity index is 403. The van der Waals surface area contributed by atoms with Crippen molar-refractivity contribution in [3.05, 3.63) is 60.2 Å². The second-order valence-corrected chi connectivity index (χ2v) is 3.67. The highest BCUT2D eigenvalue weighted by molar-refractivity contribution is 7.13. The highest BCUT2D eigenvalue weighted by Crippen LogP contribution is 2.21. The number of furan rings is 1. The van der Waals surface area contributed by atoms with Crippen molar-refractivity contribution in [2.75, 3.05) is 0 Å². The first-order chi connectivity index (χ1) is 6.97. The van der Waals surface area contributed by atoms with Gasteiger partial charge in [0.25, 0.3) is 0 Å². The van der Waals surface area contributed by atoms with Gasteiger partial charge in [-0.3, -0.25) is 0 Å². The van der Waals surface area contributed by atoms with Crippen molar-refractivity contribution < 1.29 is 4.42 Å². The molecule has 0 saturated carbocycles. The predicted octanol–water partition coefficient (Wildman–Crippen LogP) is 4.13. The molecule has 2 aromatic heterocycles. The Balaban J connectivity index is 2.51. The van der Waals surface area contributed by atoms with Gasteiger partial charge in [0.05, 0.1) is 11.1 Å². The molecule has 0 aromatic carbocycles. The van der Waals surface area contributed by atoms with Gasteiger partial charge in [-0.15, -0.1) is 11.3 Å². The van der Waals surface area contributed by atoms with Gasteiger partial charge in [-0.05, 0) is 23.6 Å². The van der Waals surface area contributed by atoms with Gasteiger partial charge in [0, 0.05) is 0 Å². The monoisotopic (exact) mass is 202 g/mol. The lowest BCUT2D eigenvalue weighted by Crippen LogP contribution is -1.62. The maximum atomic E-state index is 5.33. The van der Waals surface area contributed by atoms with E-state index < -0.39 is 0 Å². The number of rotatable bonds is 1. The maximum Gasteiger partial charge on any atom is 0.143 e. The molecule has 0 aliphatic carbocycles. The molecule has 2 heteroatoms. The van der Waals surface area contributed by atoms with Crippen molar-refractivity contribution >= 4 is 11.3 Å². The van der Waals surface area contributed by atoms with Crippen molar-refractivity contribution in [2.45, 2.75) is 0 Å². The van der Waals surface area contributed by atoms with Gasteiger partial charge in [-0.1, -0.05) is 30.3 Å². The Kier molecular flexibility index (Phi) is 2.99. The molecule has 0 radical (unpaired) electrons. The summed E-state index contributed by atoms with van der Waals surface area (Å²) in [5, 5.41) is 2.04. The minimum absolute atomic E-state index is 0.909. The summed E-state index contributed by atoms with van der Waals surface area (Å²) in [7, 11) is 0. The first-order valence-corrected chi connectivity index (χ1v) is 5.25. The molecule has 14 heavy (non-hydrogen) atoms. The zero-order valence-electron chi connectivity index (χ0n) is 7.59. The molecule has 0 aliphatic heterocycles. The lowest BCUT2D eigenvalue weighted by atomic mass is 10.3. The SMILES string of the molecule is c1cccsc(-c2ccco2)ccc1. The van der Waals surface area contributed by atoms with Crippen LogP contribution in [0.25, 0.3) is 10.6 Å². The molecule has 0 spiro atoms. The molecular weight excluding hydrogens is 192 g/mol. The summed E-state index contributed by atoms with van der Waals surface area (Å²) < 4.78 is 5.33. The van der Waals surface area contributed by atoms with Gasteiger partial charge in [-0.2, -0.15) is 0 Å². The van der Waals surface area contributed by atoms with E-state index in [0.717, 1.165) is 10.6 Å². The molecule has 1 nitrogen and oxygen atoms in total. The largest absolute Gasteiger partial charge is 0.464 e. The van der Waals surface area contributed by atoms with Crippen molar-refractivity contribution in [2.24, 2.45) is 0 Å². The fraction of sp³-hybridized carbons (Fsp3) is 0. The maximum absolute atomic E-state index is 5.33. The average molecular weight is 202 g/mol. The summed E-state index contributed by atoms with van der Waals surface area (Å²) in [6.07, 6.45) is 1.69. The Morgan fingerprint density at radius 1 is 0.857 bits per heavy atom. The van der Waals surface area contributed by atoms with E-state index in [9.17, 15) is 0 Å². The molecule has 2 rings (SSSR count). The molecule has 0 unspecified atom stereocenters. The van der Waals surface area contributed by atoms with Crippen molar-refractivity contribution in [1.29, 1.82) is 0 Å². The Morgan fingerprint density at radius 2 is 1.71 bits per heavy atom. The number of hydrogen-bond acceptors (Lipinski definition) is 2. The molecule has 2 aromatic rings. The Labute approximate surface area is 87.0 Å². The van der Waals surface area contributed by atoms with E-state index in [1.54, 1.807) is 17.6 Å². The molecule has 0 fully saturated rings. The van der Waals surface area contributed by atoms with E-state index in [4.69, 9.17) is 4.42 Å². The Morgan fingerprint density at radius 3 is 2.57 bits per heavy atom. The van der Waals surface area contributed by atoms with Crippen molar-refractivity contribution in [1.82, 2.24) is 0 Å². The highest BCUT2D eigenvalue weighted by atomic mass is 32.1. The van der Waals surface area contributed by atoms with E-state index in [-0.39, 0.29) is 0 Å². The third kappa shape index (κ3) is 2.24. The van der Waals surface area contributed by atoms with Crippen LogP contribution in [0.5, 0.6) is 0 Å². The van der Waals surface area contributed by atoms with Gasteiger partial charge < -0.3 is 4.42 Å². The minimum atomic E-state index is 0.909.